The number of nitrogens with zero attached hydrogens (tertiary/aromatic N) is 4. The largest absolute Gasteiger partial charge is 0.489 e. The predicted molar refractivity (Wildman–Crippen MR) is 175 cm³/mol. The molecule has 1 aliphatic rings. The van der Waals surface area contributed by atoms with Crippen molar-refractivity contribution in [2.45, 2.75) is 77.9 Å². The Balaban J connectivity index is 1.42. The number of likely N-dealkylation sites (N-methyl/N-ethyl adjacent to an activating group) is 1. The van der Waals surface area contributed by atoms with E-state index in [-0.39, 0.29) is 17.0 Å². The minimum Gasteiger partial charge on any atom is -0.489 e. The molecule has 1 aliphatic heterocycles. The van der Waals surface area contributed by atoms with E-state index in [1.165, 1.54) is 5.56 Å². The molecule has 7 nitrogen and oxygen atoms in total. The molecule has 0 saturated carbocycles. The van der Waals surface area contributed by atoms with Gasteiger partial charge < -0.3 is 14.1 Å². The minimum absolute atomic E-state index is 0.0527. The number of hydrogen-bond acceptors (Lipinski definition) is 5. The van der Waals surface area contributed by atoms with E-state index in [1.54, 1.807) is 12.4 Å². The maximum atomic E-state index is 14.0. The molecule has 0 fully saturated rings. The third kappa shape index (κ3) is 6.45. The quantitative estimate of drug-likeness (QED) is 0.185. The number of benzene rings is 2. The van der Waals surface area contributed by atoms with Crippen LogP contribution in [0.1, 0.15) is 62.2 Å². The van der Waals surface area contributed by atoms with Crippen LogP contribution in [0.15, 0.2) is 73.1 Å². The standard InChI is InChI=1S/C35H44N4O3Si/c1-24(2)26-11-9-25(10-12-26)22-41-30-15-13-27(14-16-30)31-32(28-17-19-36-20-18-28)37-39-21-29(38(6)34(40)33(31)39)23-42-43(7,8)35(3,4)5/h9-20,24,29H,21-23H2,1-8H3. The second-order valence-electron chi connectivity index (χ2n) is 13.3. The Morgan fingerprint density at radius 1 is 0.953 bits per heavy atom. The van der Waals surface area contributed by atoms with Gasteiger partial charge in [0.15, 0.2) is 8.32 Å². The maximum absolute atomic E-state index is 14.0. The van der Waals surface area contributed by atoms with Crippen LogP contribution in [0, 0.1) is 0 Å². The van der Waals surface area contributed by atoms with Crippen molar-refractivity contribution < 1.29 is 14.0 Å². The highest BCUT2D eigenvalue weighted by atomic mass is 28.4. The zero-order valence-corrected chi connectivity index (χ0v) is 27.7. The number of hydrogen-bond donors (Lipinski definition) is 0. The van der Waals surface area contributed by atoms with Gasteiger partial charge in [0.1, 0.15) is 23.7 Å². The molecular weight excluding hydrogens is 552 g/mol. The van der Waals surface area contributed by atoms with Crippen molar-refractivity contribution in [3.8, 4) is 28.1 Å². The Morgan fingerprint density at radius 2 is 1.60 bits per heavy atom. The van der Waals surface area contributed by atoms with Crippen LogP contribution < -0.4 is 4.74 Å². The molecule has 1 amide bonds. The van der Waals surface area contributed by atoms with Gasteiger partial charge in [-0.2, -0.15) is 5.10 Å². The van der Waals surface area contributed by atoms with Gasteiger partial charge in [0.25, 0.3) is 5.91 Å². The van der Waals surface area contributed by atoms with E-state index in [0.717, 1.165) is 33.7 Å². The van der Waals surface area contributed by atoms with Crippen molar-refractivity contribution in [3.05, 3.63) is 89.9 Å². The van der Waals surface area contributed by atoms with E-state index in [9.17, 15) is 4.79 Å². The molecule has 0 spiro atoms. The molecule has 8 heteroatoms. The lowest BCUT2D eigenvalue weighted by Crippen LogP contribution is -2.51. The normalized spacial score (nSPS) is 15.6. The van der Waals surface area contributed by atoms with Gasteiger partial charge in [0.05, 0.1) is 19.2 Å². The van der Waals surface area contributed by atoms with E-state index in [2.05, 4.69) is 77.0 Å². The van der Waals surface area contributed by atoms with E-state index >= 15 is 0 Å². The number of ether oxygens (including phenoxy) is 1. The van der Waals surface area contributed by atoms with E-state index < -0.39 is 8.32 Å². The average molecular weight is 597 g/mol. The number of pyridine rings is 1. The fourth-order valence-electron chi connectivity index (χ4n) is 5.02. The van der Waals surface area contributed by atoms with Crippen molar-refractivity contribution in [2.75, 3.05) is 13.7 Å². The third-order valence-electron chi connectivity index (χ3n) is 9.00. The van der Waals surface area contributed by atoms with E-state index in [4.69, 9.17) is 14.3 Å². The summed E-state index contributed by atoms with van der Waals surface area (Å²) in [6.07, 6.45) is 3.51. The molecule has 0 aliphatic carbocycles. The second kappa shape index (κ2) is 12.1. The highest BCUT2D eigenvalue weighted by Crippen LogP contribution is 2.39. The molecular formula is C35H44N4O3Si. The van der Waals surface area contributed by atoms with Gasteiger partial charge in [-0.15, -0.1) is 0 Å². The van der Waals surface area contributed by atoms with Gasteiger partial charge in [-0.1, -0.05) is 71.0 Å². The van der Waals surface area contributed by atoms with E-state index in [1.807, 2.05) is 53.0 Å². The molecule has 1 atom stereocenters. The topological polar surface area (TPSA) is 69.5 Å². The van der Waals surface area contributed by atoms with Gasteiger partial charge in [-0.3, -0.25) is 14.5 Å². The number of fused-ring (bicyclic) bond motifs is 1. The number of rotatable bonds is 9. The Morgan fingerprint density at radius 3 is 2.21 bits per heavy atom. The number of aromatic nitrogens is 3. The van der Waals surface area contributed by atoms with Crippen LogP contribution in [0.25, 0.3) is 22.4 Å². The summed E-state index contributed by atoms with van der Waals surface area (Å²) in [4.78, 5) is 20.0. The lowest BCUT2D eigenvalue weighted by Gasteiger charge is -2.40. The van der Waals surface area contributed by atoms with Crippen molar-refractivity contribution in [3.63, 3.8) is 0 Å². The van der Waals surface area contributed by atoms with Crippen LogP contribution in [0.2, 0.25) is 18.1 Å². The molecule has 0 saturated heterocycles. The molecule has 43 heavy (non-hydrogen) atoms. The molecule has 0 N–H and O–H groups in total. The van der Waals surface area contributed by atoms with E-state index in [0.29, 0.717) is 31.4 Å². The SMILES string of the molecule is CC(C)c1ccc(COc2ccc(-c3c(-c4ccncc4)nn4c3C(=O)N(C)C(CO[Si](C)(C)C(C)(C)C)C4)cc2)cc1. The Kier molecular flexibility index (Phi) is 8.63. The van der Waals surface area contributed by atoms with Gasteiger partial charge >= 0.3 is 0 Å². The summed E-state index contributed by atoms with van der Waals surface area (Å²) < 4.78 is 14.5. The zero-order valence-electron chi connectivity index (χ0n) is 26.7. The summed E-state index contributed by atoms with van der Waals surface area (Å²) in [7, 11) is -0.0968. The Labute approximate surface area is 257 Å². The monoisotopic (exact) mass is 596 g/mol. The average Bonchev–Trinajstić information content (AvgIpc) is 3.37. The number of carbonyl (C=O) groups is 1. The first-order valence-electron chi connectivity index (χ1n) is 15.1. The van der Waals surface area contributed by atoms with Gasteiger partial charge in [-0.25, -0.2) is 0 Å². The molecule has 1 unspecified atom stereocenters. The molecule has 226 valence electrons. The van der Waals surface area contributed by atoms with Crippen molar-refractivity contribution in [2.24, 2.45) is 0 Å². The molecule has 2 aromatic heterocycles. The summed E-state index contributed by atoms with van der Waals surface area (Å²) in [5.41, 5.74) is 6.46. The minimum atomic E-state index is -1.97. The summed E-state index contributed by atoms with van der Waals surface area (Å²) in [6.45, 7) is 17.1. The van der Waals surface area contributed by atoms with Crippen molar-refractivity contribution in [1.29, 1.82) is 0 Å². The summed E-state index contributed by atoms with van der Waals surface area (Å²) in [5, 5.41) is 5.10. The summed E-state index contributed by atoms with van der Waals surface area (Å²) in [5.74, 6) is 1.22. The van der Waals surface area contributed by atoms with Crippen LogP contribution in [-0.2, 0) is 17.6 Å². The lowest BCUT2D eigenvalue weighted by molar-refractivity contribution is 0.0561. The smallest absolute Gasteiger partial charge is 0.272 e. The zero-order chi connectivity index (χ0) is 30.9. The van der Waals surface area contributed by atoms with Crippen LogP contribution in [0.5, 0.6) is 5.75 Å². The van der Waals surface area contributed by atoms with Crippen LogP contribution in [0.3, 0.4) is 0 Å². The molecule has 2 aromatic carbocycles. The highest BCUT2D eigenvalue weighted by molar-refractivity contribution is 6.74. The number of amides is 1. The molecule has 3 heterocycles. The van der Waals surface area contributed by atoms with Crippen molar-refractivity contribution >= 4 is 14.2 Å². The maximum Gasteiger partial charge on any atom is 0.272 e. The predicted octanol–water partition coefficient (Wildman–Crippen LogP) is 7.79. The van der Waals surface area contributed by atoms with Crippen molar-refractivity contribution in [1.82, 2.24) is 19.7 Å². The Hall–Kier alpha value is -3.75. The third-order valence-corrected chi connectivity index (χ3v) is 13.5. The molecule has 4 aromatic rings. The highest BCUT2D eigenvalue weighted by Gasteiger charge is 2.40. The Bertz CT molecular complexity index is 1560. The lowest BCUT2D eigenvalue weighted by atomic mass is 9.97. The van der Waals surface area contributed by atoms with Gasteiger partial charge in [-0.05, 0) is 65.0 Å². The van der Waals surface area contributed by atoms with Gasteiger partial charge in [0, 0.05) is 30.6 Å². The first kappa shape index (κ1) is 30.7. The van der Waals surface area contributed by atoms with Crippen LogP contribution >= 0.6 is 0 Å². The molecule has 0 bridgehead atoms. The summed E-state index contributed by atoms with van der Waals surface area (Å²) >= 11 is 0. The number of carbonyl (C=O) groups excluding carboxylic acids is 1. The van der Waals surface area contributed by atoms with Crippen LogP contribution in [0.4, 0.5) is 0 Å². The first-order valence-corrected chi connectivity index (χ1v) is 18.0. The van der Waals surface area contributed by atoms with Gasteiger partial charge in [0.2, 0.25) is 0 Å². The first-order chi connectivity index (χ1) is 20.4. The van der Waals surface area contributed by atoms with Crippen LogP contribution in [-0.4, -0.2) is 53.6 Å². The second-order valence-corrected chi connectivity index (χ2v) is 18.2. The fraction of sp³-hybridized carbons (Fsp3) is 0.400. The molecule has 5 rings (SSSR count). The molecule has 0 radical (unpaired) electrons. The fourth-order valence-corrected chi connectivity index (χ4v) is 6.06. The summed E-state index contributed by atoms with van der Waals surface area (Å²) in [6, 6.07) is 20.3.